The van der Waals surface area contributed by atoms with Crippen LogP contribution in [-0.4, -0.2) is 65.4 Å². The number of esters is 3. The van der Waals surface area contributed by atoms with Crippen molar-refractivity contribution in [3.8, 4) is 0 Å². The first-order valence-corrected chi connectivity index (χ1v) is 11.0. The van der Waals surface area contributed by atoms with E-state index in [2.05, 4.69) is 0 Å². The average Bonchev–Trinajstić information content (AvgIpc) is 3.21. The first-order valence-electron chi connectivity index (χ1n) is 12.0. The minimum absolute atomic E-state index is 0.0465. The Morgan fingerprint density at radius 3 is 1.61 bits per heavy atom. The number of carbonyl (C=O) groups is 3. The molecule has 1 unspecified atom stereocenters. The molecule has 4 rings (SSSR count). The lowest BCUT2D eigenvalue weighted by Crippen LogP contribution is -2.46. The van der Waals surface area contributed by atoms with Crippen molar-refractivity contribution in [1.82, 2.24) is 0 Å². The maximum atomic E-state index is 12.9. The van der Waals surface area contributed by atoms with Gasteiger partial charge in [-0.2, -0.15) is 0 Å². The molecule has 0 aromatic heterocycles. The van der Waals surface area contributed by atoms with Gasteiger partial charge in [0.15, 0.2) is 24.6 Å². The molecule has 1 aliphatic rings. The summed E-state index contributed by atoms with van der Waals surface area (Å²) in [7, 11) is 0. The van der Waals surface area contributed by atoms with E-state index in [1.807, 2.05) is 0 Å². The van der Waals surface area contributed by atoms with Gasteiger partial charge in [-0.1, -0.05) is 54.6 Å². The topological polar surface area (TPSA) is 129 Å². The molecule has 0 aliphatic carbocycles. The zero-order valence-corrected chi connectivity index (χ0v) is 18.8. The van der Waals surface area contributed by atoms with Gasteiger partial charge < -0.3 is 29.2 Å². The predicted molar refractivity (Wildman–Crippen MR) is 125 cm³/mol. The first-order chi connectivity index (χ1) is 18.1. The van der Waals surface area contributed by atoms with Gasteiger partial charge in [0.2, 0.25) is 0 Å². The van der Waals surface area contributed by atoms with Crippen molar-refractivity contribution >= 4 is 17.9 Å². The normalized spacial score (nSPS) is 23.1. The molecule has 5 atom stereocenters. The number of hydrogen-bond acceptors (Lipinski definition) is 9. The lowest BCUT2D eigenvalue weighted by atomic mass is 10.0. The molecule has 0 saturated carbocycles. The van der Waals surface area contributed by atoms with Crippen LogP contribution in [-0.2, 0) is 18.9 Å². The molecule has 3 aromatic carbocycles. The fourth-order valence-corrected chi connectivity index (χ4v) is 3.62. The molecule has 0 amide bonds. The smallest absolute Gasteiger partial charge is 0.338 e. The number of aliphatic hydroxyl groups excluding tert-OH is 1. The van der Waals surface area contributed by atoms with Crippen molar-refractivity contribution in [2.45, 2.75) is 30.7 Å². The van der Waals surface area contributed by atoms with Crippen LogP contribution in [0.2, 0.25) is 0 Å². The van der Waals surface area contributed by atoms with Gasteiger partial charge in [0.05, 0.1) is 26.0 Å². The molecule has 3 aromatic rings. The second-order valence-electron chi connectivity index (χ2n) is 7.78. The molecular weight excluding hydrogens is 468 g/mol. The lowest BCUT2D eigenvalue weighted by Gasteiger charge is -2.27. The maximum Gasteiger partial charge on any atom is 0.338 e. The van der Waals surface area contributed by atoms with E-state index in [0.29, 0.717) is 0 Å². The Morgan fingerprint density at radius 1 is 0.750 bits per heavy atom. The van der Waals surface area contributed by atoms with Crippen LogP contribution in [0.3, 0.4) is 0 Å². The van der Waals surface area contributed by atoms with E-state index >= 15 is 0 Å². The highest BCUT2D eigenvalue weighted by Crippen LogP contribution is 2.30. The van der Waals surface area contributed by atoms with Crippen molar-refractivity contribution in [3.63, 3.8) is 0 Å². The van der Waals surface area contributed by atoms with Crippen LogP contribution in [0.15, 0.2) is 91.0 Å². The lowest BCUT2D eigenvalue weighted by molar-refractivity contribution is -0.152. The molecule has 1 saturated heterocycles. The molecule has 0 spiro atoms. The van der Waals surface area contributed by atoms with E-state index < -0.39 is 55.2 Å². The standard InChI is InChI=1S/C27H24O9/c28-16-20(33-24(29)17-10-4-1-5-11-17)21-22(35-25(30)18-12-6-2-7-13-18)23(27(32)34-21)36-26(31)19-14-8-3-9-15-19/h1-15,20-23,27-28,32H,16H2/t20-,21+,22+,23-,27?/m1/s1/i16T2. The minimum atomic E-state index is -3.22. The Labute approximate surface area is 209 Å². The molecule has 9 nitrogen and oxygen atoms in total. The van der Waals surface area contributed by atoms with Gasteiger partial charge in [0.25, 0.3) is 0 Å². The van der Waals surface area contributed by atoms with Crippen molar-refractivity contribution in [1.29, 1.82) is 0 Å². The summed E-state index contributed by atoms with van der Waals surface area (Å²) in [6, 6.07) is 23.1. The van der Waals surface area contributed by atoms with E-state index in [-0.39, 0.29) is 16.7 Å². The average molecular weight is 496 g/mol. The summed E-state index contributed by atoms with van der Waals surface area (Å²) in [5.74, 6) is -2.81. The summed E-state index contributed by atoms with van der Waals surface area (Å²) in [4.78, 5) is 38.4. The van der Waals surface area contributed by atoms with Gasteiger partial charge in [-0.3, -0.25) is 0 Å². The van der Waals surface area contributed by atoms with Crippen LogP contribution >= 0.6 is 0 Å². The number of rotatable bonds is 8. The number of ether oxygens (including phenoxy) is 4. The third-order valence-electron chi connectivity index (χ3n) is 5.40. The number of benzene rings is 3. The van der Waals surface area contributed by atoms with Gasteiger partial charge in [-0.15, -0.1) is 0 Å². The van der Waals surface area contributed by atoms with Crippen LogP contribution in [0.25, 0.3) is 0 Å². The molecule has 186 valence electrons. The Bertz CT molecular complexity index is 1250. The Kier molecular flexibility index (Phi) is 7.21. The van der Waals surface area contributed by atoms with Crippen LogP contribution < -0.4 is 0 Å². The Balaban J connectivity index is 1.66. The summed E-state index contributed by atoms with van der Waals surface area (Å²) in [6.45, 7) is -3.22. The summed E-state index contributed by atoms with van der Waals surface area (Å²) in [6.07, 6.45) is -9.11. The van der Waals surface area contributed by atoms with Gasteiger partial charge >= 0.3 is 17.9 Å². The Morgan fingerprint density at radius 2 is 1.17 bits per heavy atom. The van der Waals surface area contributed by atoms with Crippen LogP contribution in [0.1, 0.15) is 33.8 Å². The number of aliphatic hydroxyl groups is 2. The molecule has 0 radical (unpaired) electrons. The van der Waals surface area contributed by atoms with E-state index in [9.17, 15) is 24.6 Å². The summed E-state index contributed by atoms with van der Waals surface area (Å²) in [5, 5.41) is 20.9. The van der Waals surface area contributed by atoms with E-state index in [4.69, 9.17) is 21.7 Å². The van der Waals surface area contributed by atoms with E-state index in [1.54, 1.807) is 54.6 Å². The van der Waals surface area contributed by atoms with Gasteiger partial charge in [-0.05, 0) is 36.4 Å². The van der Waals surface area contributed by atoms with E-state index in [1.165, 1.54) is 36.4 Å². The molecule has 2 N–H and O–H groups in total. The highest BCUT2D eigenvalue weighted by Gasteiger charge is 2.53. The van der Waals surface area contributed by atoms with Gasteiger partial charge in [0.1, 0.15) is 6.10 Å². The summed E-state index contributed by atoms with van der Waals surface area (Å²) >= 11 is 0. The SMILES string of the molecule is [3H]C([3H])(O)[C@@H](OC(=O)c1ccccc1)[C@@H]1OC(O)[C@H](OC(=O)c2ccccc2)[C@H]1OC(=O)c1ccccc1. The van der Waals surface area contributed by atoms with E-state index in [0.717, 1.165) is 0 Å². The number of hydrogen-bond donors (Lipinski definition) is 2. The zero-order chi connectivity index (χ0) is 27.3. The maximum absolute atomic E-state index is 12.9. The molecular formula is C27H24O9. The molecule has 1 aliphatic heterocycles. The molecule has 1 fully saturated rings. The fraction of sp³-hybridized carbons (Fsp3) is 0.222. The van der Waals surface area contributed by atoms with Gasteiger partial charge in [0, 0.05) is 0 Å². The number of carbonyl (C=O) groups excluding carboxylic acids is 3. The highest BCUT2D eigenvalue weighted by atomic mass is 16.7. The molecule has 0 bridgehead atoms. The van der Waals surface area contributed by atoms with Crippen molar-refractivity contribution in [2.75, 3.05) is 6.56 Å². The largest absolute Gasteiger partial charge is 0.453 e. The summed E-state index contributed by atoms with van der Waals surface area (Å²) in [5.41, 5.74) is 0.275. The summed E-state index contributed by atoms with van der Waals surface area (Å²) < 4.78 is 37.4. The van der Waals surface area contributed by atoms with Crippen molar-refractivity contribution in [3.05, 3.63) is 108 Å². The zero-order valence-electron chi connectivity index (χ0n) is 20.8. The first kappa shape index (κ1) is 22.4. The highest BCUT2D eigenvalue weighted by molar-refractivity contribution is 5.91. The van der Waals surface area contributed by atoms with Gasteiger partial charge in [-0.25, -0.2) is 14.4 Å². The quantitative estimate of drug-likeness (QED) is 0.357. The van der Waals surface area contributed by atoms with Crippen LogP contribution in [0, 0.1) is 0 Å². The second kappa shape index (κ2) is 11.6. The predicted octanol–water partition coefficient (Wildman–Crippen LogP) is 2.37. The van der Waals surface area contributed by atoms with Crippen LogP contribution in [0.5, 0.6) is 0 Å². The third-order valence-corrected chi connectivity index (χ3v) is 5.40. The third kappa shape index (κ3) is 5.77. The van der Waals surface area contributed by atoms with Crippen molar-refractivity contribution in [2.24, 2.45) is 0 Å². The second-order valence-corrected chi connectivity index (χ2v) is 7.78. The minimum Gasteiger partial charge on any atom is -0.453 e. The molecule has 36 heavy (non-hydrogen) atoms. The molecule has 1 heterocycles. The molecule has 9 heteroatoms. The Hall–Kier alpha value is -4.05. The fourth-order valence-electron chi connectivity index (χ4n) is 3.62. The van der Waals surface area contributed by atoms with Crippen molar-refractivity contribution < 1.29 is 46.3 Å². The monoisotopic (exact) mass is 496 g/mol. The van der Waals surface area contributed by atoms with Crippen LogP contribution in [0.4, 0.5) is 0 Å².